The number of benzene rings is 2. The van der Waals surface area contributed by atoms with E-state index in [2.05, 4.69) is 4.98 Å². The zero-order valence-corrected chi connectivity index (χ0v) is 15.9. The fraction of sp³-hybridized carbons (Fsp3) is 0.227. The Hall–Kier alpha value is -2.79. The fourth-order valence-corrected chi connectivity index (χ4v) is 3.76. The first-order chi connectivity index (χ1) is 13.6. The van der Waals surface area contributed by atoms with Gasteiger partial charge in [0.05, 0.1) is 10.6 Å². The van der Waals surface area contributed by atoms with Crippen molar-refractivity contribution in [1.82, 2.24) is 14.9 Å². The summed E-state index contributed by atoms with van der Waals surface area (Å²) in [7, 11) is 0. The first-order valence-electron chi connectivity index (χ1n) is 9.24. The number of hydrogen-bond acceptors (Lipinski definition) is 3. The summed E-state index contributed by atoms with van der Waals surface area (Å²) in [6.07, 6.45) is 3.55. The van der Waals surface area contributed by atoms with Gasteiger partial charge in [0.15, 0.2) is 5.82 Å². The summed E-state index contributed by atoms with van der Waals surface area (Å²) in [4.78, 5) is 23.7. The second-order valence-corrected chi connectivity index (χ2v) is 7.29. The first kappa shape index (κ1) is 18.6. The zero-order chi connectivity index (χ0) is 19.5. The van der Waals surface area contributed by atoms with Crippen molar-refractivity contribution in [3.05, 3.63) is 82.9 Å². The van der Waals surface area contributed by atoms with Gasteiger partial charge in [-0.25, -0.2) is 14.4 Å². The number of carbonyl (C=O) groups excluding carboxylic acids is 1. The largest absolute Gasteiger partial charge is 0.338 e. The summed E-state index contributed by atoms with van der Waals surface area (Å²) in [5.41, 5.74) is 2.08. The van der Waals surface area contributed by atoms with Crippen LogP contribution >= 0.6 is 11.6 Å². The summed E-state index contributed by atoms with van der Waals surface area (Å²) in [5, 5.41) is 0.266. The molecule has 1 saturated heterocycles. The SMILES string of the molecule is O=C(c1cc(F)ccc1Cl)N1CCC[C@H](c2ccnc(-c3ccccc3)n2)C1. The smallest absolute Gasteiger partial charge is 0.255 e. The Morgan fingerprint density at radius 2 is 1.96 bits per heavy atom. The highest BCUT2D eigenvalue weighted by molar-refractivity contribution is 6.33. The molecule has 1 aliphatic rings. The van der Waals surface area contributed by atoms with Crippen LogP contribution in [0.5, 0.6) is 0 Å². The van der Waals surface area contributed by atoms with Gasteiger partial charge in [-0.3, -0.25) is 4.79 Å². The molecule has 4 nitrogen and oxygen atoms in total. The van der Waals surface area contributed by atoms with Crippen molar-refractivity contribution in [1.29, 1.82) is 0 Å². The van der Waals surface area contributed by atoms with E-state index in [0.717, 1.165) is 24.1 Å². The van der Waals surface area contributed by atoms with Gasteiger partial charge >= 0.3 is 0 Å². The number of amides is 1. The lowest BCUT2D eigenvalue weighted by Gasteiger charge is -2.32. The first-order valence-corrected chi connectivity index (χ1v) is 9.62. The molecular formula is C22H19ClFN3O. The highest BCUT2D eigenvalue weighted by Gasteiger charge is 2.27. The van der Waals surface area contributed by atoms with Gasteiger partial charge in [-0.1, -0.05) is 41.9 Å². The van der Waals surface area contributed by atoms with E-state index in [4.69, 9.17) is 16.6 Å². The molecule has 2 aromatic carbocycles. The zero-order valence-electron chi connectivity index (χ0n) is 15.2. The van der Waals surface area contributed by atoms with Gasteiger partial charge in [0.1, 0.15) is 5.82 Å². The Bertz CT molecular complexity index is 996. The molecule has 0 N–H and O–H groups in total. The Balaban J connectivity index is 1.56. The van der Waals surface area contributed by atoms with Crippen LogP contribution in [0.1, 0.15) is 34.8 Å². The van der Waals surface area contributed by atoms with Crippen LogP contribution in [0.15, 0.2) is 60.8 Å². The third kappa shape index (κ3) is 3.90. The summed E-state index contributed by atoms with van der Waals surface area (Å²) >= 11 is 6.12. The maximum absolute atomic E-state index is 13.6. The van der Waals surface area contributed by atoms with Gasteiger partial charge < -0.3 is 4.90 Å². The summed E-state index contributed by atoms with van der Waals surface area (Å²) < 4.78 is 13.6. The Morgan fingerprint density at radius 1 is 1.14 bits per heavy atom. The number of hydrogen-bond donors (Lipinski definition) is 0. The average Bonchev–Trinajstić information content (AvgIpc) is 2.76. The molecule has 2 heterocycles. The van der Waals surface area contributed by atoms with Crippen molar-refractivity contribution in [3.8, 4) is 11.4 Å². The van der Waals surface area contributed by atoms with E-state index < -0.39 is 5.82 Å². The van der Waals surface area contributed by atoms with E-state index in [0.29, 0.717) is 18.9 Å². The second-order valence-electron chi connectivity index (χ2n) is 6.89. The van der Waals surface area contributed by atoms with Gasteiger partial charge in [-0.2, -0.15) is 0 Å². The Morgan fingerprint density at radius 3 is 2.79 bits per heavy atom. The highest BCUT2D eigenvalue weighted by atomic mass is 35.5. The molecule has 1 fully saturated rings. The van der Waals surface area contributed by atoms with Crippen molar-refractivity contribution in [3.63, 3.8) is 0 Å². The summed E-state index contributed by atoms with van der Waals surface area (Å²) in [6, 6.07) is 15.6. The van der Waals surface area contributed by atoms with Crippen molar-refractivity contribution < 1.29 is 9.18 Å². The molecule has 6 heteroatoms. The molecule has 142 valence electrons. The van der Waals surface area contributed by atoms with Crippen molar-refractivity contribution >= 4 is 17.5 Å². The Kier molecular flexibility index (Phi) is 5.35. The van der Waals surface area contributed by atoms with Crippen LogP contribution < -0.4 is 0 Å². The van der Waals surface area contributed by atoms with E-state index in [1.807, 2.05) is 36.4 Å². The lowest BCUT2D eigenvalue weighted by Crippen LogP contribution is -2.39. The topological polar surface area (TPSA) is 46.1 Å². The number of piperidine rings is 1. The van der Waals surface area contributed by atoms with Gasteiger partial charge in [0.2, 0.25) is 0 Å². The van der Waals surface area contributed by atoms with Crippen LogP contribution in [0.2, 0.25) is 5.02 Å². The lowest BCUT2D eigenvalue weighted by molar-refractivity contribution is 0.0705. The van der Waals surface area contributed by atoms with Gasteiger partial charge in [-0.15, -0.1) is 0 Å². The molecule has 28 heavy (non-hydrogen) atoms. The standard InChI is InChI=1S/C22H19ClFN3O/c23-19-9-8-17(24)13-18(19)22(28)27-12-4-7-16(14-27)20-10-11-25-21(26-20)15-5-2-1-3-6-15/h1-3,5-6,8-11,13,16H,4,7,12,14H2/t16-/m0/s1. The van der Waals surface area contributed by atoms with E-state index in [9.17, 15) is 9.18 Å². The quantitative estimate of drug-likeness (QED) is 0.630. The monoisotopic (exact) mass is 395 g/mol. The fourth-order valence-electron chi connectivity index (χ4n) is 3.56. The predicted molar refractivity (Wildman–Crippen MR) is 107 cm³/mol. The maximum Gasteiger partial charge on any atom is 0.255 e. The predicted octanol–water partition coefficient (Wildman–Crippen LogP) is 4.96. The number of rotatable bonds is 3. The molecule has 1 aliphatic heterocycles. The van der Waals surface area contributed by atoms with Gasteiger partial charge in [0.25, 0.3) is 5.91 Å². The van der Waals surface area contributed by atoms with Crippen LogP contribution in [-0.2, 0) is 0 Å². The average molecular weight is 396 g/mol. The third-order valence-electron chi connectivity index (χ3n) is 4.99. The van der Waals surface area contributed by atoms with Crippen LogP contribution in [-0.4, -0.2) is 33.9 Å². The highest BCUT2D eigenvalue weighted by Crippen LogP contribution is 2.29. The number of likely N-dealkylation sites (tertiary alicyclic amines) is 1. The molecule has 0 saturated carbocycles. The summed E-state index contributed by atoms with van der Waals surface area (Å²) in [5.74, 6) is 0.0707. The van der Waals surface area contributed by atoms with Crippen LogP contribution in [0, 0.1) is 5.82 Å². The number of halogens is 2. The van der Waals surface area contributed by atoms with Crippen LogP contribution in [0.3, 0.4) is 0 Å². The number of aromatic nitrogens is 2. The third-order valence-corrected chi connectivity index (χ3v) is 5.32. The molecule has 1 amide bonds. The van der Waals surface area contributed by atoms with Crippen molar-refractivity contribution in [2.75, 3.05) is 13.1 Å². The molecule has 0 unspecified atom stereocenters. The Labute approximate surface area is 168 Å². The van der Waals surface area contributed by atoms with E-state index in [1.165, 1.54) is 18.2 Å². The minimum Gasteiger partial charge on any atom is -0.338 e. The molecule has 0 radical (unpaired) electrons. The minimum atomic E-state index is -0.468. The maximum atomic E-state index is 13.6. The molecule has 1 aromatic heterocycles. The molecule has 1 atom stereocenters. The number of nitrogens with zero attached hydrogens (tertiary/aromatic N) is 3. The van der Waals surface area contributed by atoms with Crippen molar-refractivity contribution in [2.45, 2.75) is 18.8 Å². The van der Waals surface area contributed by atoms with E-state index in [1.54, 1.807) is 11.1 Å². The molecular weight excluding hydrogens is 377 g/mol. The molecule has 4 rings (SSSR count). The molecule has 0 bridgehead atoms. The molecule has 0 spiro atoms. The van der Waals surface area contributed by atoms with E-state index in [-0.39, 0.29) is 22.4 Å². The second kappa shape index (κ2) is 8.07. The van der Waals surface area contributed by atoms with E-state index >= 15 is 0 Å². The minimum absolute atomic E-state index is 0.107. The number of carbonyl (C=O) groups is 1. The molecule has 0 aliphatic carbocycles. The molecule has 3 aromatic rings. The van der Waals surface area contributed by atoms with Gasteiger partial charge in [-0.05, 0) is 37.1 Å². The van der Waals surface area contributed by atoms with Crippen LogP contribution in [0.25, 0.3) is 11.4 Å². The van der Waals surface area contributed by atoms with Crippen molar-refractivity contribution in [2.24, 2.45) is 0 Å². The normalized spacial score (nSPS) is 16.8. The van der Waals surface area contributed by atoms with Crippen LogP contribution in [0.4, 0.5) is 4.39 Å². The summed E-state index contributed by atoms with van der Waals surface area (Å²) in [6.45, 7) is 1.15. The lowest BCUT2D eigenvalue weighted by atomic mass is 9.94. The van der Waals surface area contributed by atoms with Gasteiger partial charge in [0, 0.05) is 36.5 Å².